The van der Waals surface area contributed by atoms with Gasteiger partial charge in [0.1, 0.15) is 0 Å². The van der Waals surface area contributed by atoms with Crippen molar-refractivity contribution in [2.75, 3.05) is 12.0 Å². The molecule has 0 amide bonds. The van der Waals surface area contributed by atoms with Crippen molar-refractivity contribution >= 4 is 15.7 Å². The Morgan fingerprint density at radius 1 is 1.50 bits per heavy atom. The number of aromatic nitrogens is 1. The Kier molecular flexibility index (Phi) is 3.56. The molecule has 1 aromatic rings. The molecular weight excluding hydrogens is 252 g/mol. The molecule has 0 aliphatic heterocycles. The number of hydrazine groups is 1. The van der Waals surface area contributed by atoms with Crippen LogP contribution in [0.4, 0.5) is 5.69 Å². The van der Waals surface area contributed by atoms with Crippen molar-refractivity contribution in [3.8, 4) is 0 Å². The van der Waals surface area contributed by atoms with Crippen LogP contribution in [0, 0.1) is 5.41 Å². The van der Waals surface area contributed by atoms with Crippen molar-refractivity contribution in [1.82, 2.24) is 9.71 Å². The van der Waals surface area contributed by atoms with E-state index in [1.54, 1.807) is 12.1 Å². The molecule has 2 rings (SSSR count). The zero-order valence-electron chi connectivity index (χ0n) is 10.3. The highest BCUT2D eigenvalue weighted by Gasteiger charge is 2.33. The Balaban J connectivity index is 2.15. The van der Waals surface area contributed by atoms with Crippen molar-refractivity contribution < 1.29 is 8.42 Å². The van der Waals surface area contributed by atoms with E-state index in [-0.39, 0.29) is 10.4 Å². The molecule has 1 heterocycles. The molecule has 1 aromatic heterocycles. The maximum atomic E-state index is 12.1. The minimum Gasteiger partial charge on any atom is -0.321 e. The fourth-order valence-electron chi connectivity index (χ4n) is 2.01. The minimum atomic E-state index is -3.62. The lowest BCUT2D eigenvalue weighted by atomic mass is 9.71. The molecule has 0 radical (unpaired) electrons. The zero-order valence-corrected chi connectivity index (χ0v) is 11.1. The second kappa shape index (κ2) is 4.83. The largest absolute Gasteiger partial charge is 0.321 e. The summed E-state index contributed by atoms with van der Waals surface area (Å²) in [6.45, 7) is 2.52. The summed E-state index contributed by atoms with van der Waals surface area (Å²) in [5, 5.41) is -0.0598. The van der Waals surface area contributed by atoms with Gasteiger partial charge in [0.15, 0.2) is 5.03 Å². The summed E-state index contributed by atoms with van der Waals surface area (Å²) in [6.07, 6.45) is 4.71. The van der Waals surface area contributed by atoms with Crippen LogP contribution in [0.25, 0.3) is 0 Å². The Bertz CT molecular complexity index is 526. The summed E-state index contributed by atoms with van der Waals surface area (Å²) in [6, 6.07) is 3.20. The molecular formula is C11H18N4O2S. The molecule has 0 unspecified atom stereocenters. The van der Waals surface area contributed by atoms with Crippen molar-refractivity contribution in [2.45, 2.75) is 31.2 Å². The van der Waals surface area contributed by atoms with E-state index in [0.717, 1.165) is 19.3 Å². The maximum Gasteiger partial charge on any atom is 0.260 e. The summed E-state index contributed by atoms with van der Waals surface area (Å²) in [7, 11) is -3.62. The molecule has 1 saturated carbocycles. The summed E-state index contributed by atoms with van der Waals surface area (Å²) >= 11 is 0. The SMILES string of the molecule is CC1(CNS(=O)(=O)c2ncccc2NN)CCC1. The predicted octanol–water partition coefficient (Wildman–Crippen LogP) is 0.836. The average molecular weight is 270 g/mol. The van der Waals surface area contributed by atoms with Crippen molar-refractivity contribution in [3.63, 3.8) is 0 Å². The topological polar surface area (TPSA) is 97.1 Å². The van der Waals surface area contributed by atoms with Gasteiger partial charge in [-0.25, -0.2) is 18.1 Å². The normalized spacial score (nSPS) is 18.1. The lowest BCUT2D eigenvalue weighted by Crippen LogP contribution is -2.40. The first-order chi connectivity index (χ1) is 8.47. The van der Waals surface area contributed by atoms with Gasteiger partial charge in [0.25, 0.3) is 10.0 Å². The maximum absolute atomic E-state index is 12.1. The standard InChI is InChI=1S/C11H18N4O2S/c1-11(5-3-6-11)8-14-18(16,17)10-9(15-12)4-2-7-13-10/h2,4,7,14-15H,3,5-6,8,12H2,1H3. The van der Waals surface area contributed by atoms with E-state index in [2.05, 4.69) is 22.1 Å². The van der Waals surface area contributed by atoms with Gasteiger partial charge in [0.2, 0.25) is 0 Å². The number of anilines is 1. The summed E-state index contributed by atoms with van der Waals surface area (Å²) in [5.74, 6) is 5.28. The molecule has 0 atom stereocenters. The molecule has 0 saturated heterocycles. The van der Waals surface area contributed by atoms with Crippen LogP contribution in [0.15, 0.2) is 23.4 Å². The molecule has 0 aromatic carbocycles. The first-order valence-corrected chi connectivity index (χ1v) is 7.36. The third kappa shape index (κ3) is 2.63. The van der Waals surface area contributed by atoms with Crippen molar-refractivity contribution in [1.29, 1.82) is 0 Å². The lowest BCUT2D eigenvalue weighted by Gasteiger charge is -2.38. The molecule has 1 fully saturated rings. The van der Waals surface area contributed by atoms with Gasteiger partial charge in [-0.2, -0.15) is 0 Å². The van der Waals surface area contributed by atoms with Crippen LogP contribution in [0.2, 0.25) is 0 Å². The Hall–Kier alpha value is -1.18. The highest BCUT2D eigenvalue weighted by atomic mass is 32.2. The average Bonchev–Trinajstić information content (AvgIpc) is 2.34. The van der Waals surface area contributed by atoms with Crippen LogP contribution in [0.3, 0.4) is 0 Å². The van der Waals surface area contributed by atoms with Gasteiger partial charge in [-0.3, -0.25) is 5.84 Å². The van der Waals surface area contributed by atoms with Gasteiger partial charge in [0.05, 0.1) is 5.69 Å². The molecule has 100 valence electrons. The van der Waals surface area contributed by atoms with E-state index in [0.29, 0.717) is 12.2 Å². The number of sulfonamides is 1. The van der Waals surface area contributed by atoms with Crippen LogP contribution in [0.1, 0.15) is 26.2 Å². The van der Waals surface area contributed by atoms with E-state index < -0.39 is 10.0 Å². The van der Waals surface area contributed by atoms with E-state index in [9.17, 15) is 8.42 Å². The predicted molar refractivity (Wildman–Crippen MR) is 69.2 cm³/mol. The molecule has 18 heavy (non-hydrogen) atoms. The second-order valence-corrected chi connectivity index (χ2v) is 6.67. The number of rotatable bonds is 5. The highest BCUT2D eigenvalue weighted by Crippen LogP contribution is 2.39. The monoisotopic (exact) mass is 270 g/mol. The Labute approximate surface area is 107 Å². The first kappa shape index (κ1) is 13.3. The molecule has 6 nitrogen and oxygen atoms in total. The molecule has 1 aliphatic carbocycles. The van der Waals surface area contributed by atoms with Crippen molar-refractivity contribution in [2.24, 2.45) is 11.3 Å². The van der Waals surface area contributed by atoms with Crippen LogP contribution in [-0.2, 0) is 10.0 Å². The molecule has 7 heteroatoms. The van der Waals surface area contributed by atoms with Crippen LogP contribution < -0.4 is 16.0 Å². The van der Waals surface area contributed by atoms with Crippen LogP contribution >= 0.6 is 0 Å². The van der Waals surface area contributed by atoms with Crippen LogP contribution in [-0.4, -0.2) is 19.9 Å². The summed E-state index contributed by atoms with van der Waals surface area (Å²) in [5.41, 5.74) is 2.72. The molecule has 0 bridgehead atoms. The minimum absolute atomic E-state index is 0.0598. The van der Waals surface area contributed by atoms with E-state index >= 15 is 0 Å². The van der Waals surface area contributed by atoms with Crippen LogP contribution in [0.5, 0.6) is 0 Å². The quantitative estimate of drug-likeness (QED) is 0.544. The molecule has 1 aliphatic rings. The van der Waals surface area contributed by atoms with Gasteiger partial charge >= 0.3 is 0 Å². The highest BCUT2D eigenvalue weighted by molar-refractivity contribution is 7.89. The smallest absolute Gasteiger partial charge is 0.260 e. The fourth-order valence-corrected chi connectivity index (χ4v) is 3.30. The number of nitrogen functional groups attached to an aromatic ring is 1. The van der Waals surface area contributed by atoms with Gasteiger partial charge in [0, 0.05) is 12.7 Å². The van der Waals surface area contributed by atoms with E-state index in [1.807, 2.05) is 0 Å². The third-order valence-corrected chi connectivity index (χ3v) is 4.79. The Morgan fingerprint density at radius 2 is 2.22 bits per heavy atom. The van der Waals surface area contributed by atoms with Crippen molar-refractivity contribution in [3.05, 3.63) is 18.3 Å². The first-order valence-electron chi connectivity index (χ1n) is 5.88. The molecule has 0 spiro atoms. The fraction of sp³-hybridized carbons (Fsp3) is 0.545. The van der Waals surface area contributed by atoms with Gasteiger partial charge in [-0.15, -0.1) is 0 Å². The Morgan fingerprint density at radius 3 is 2.78 bits per heavy atom. The zero-order chi connectivity index (χ0) is 13.2. The summed E-state index contributed by atoms with van der Waals surface area (Å²) in [4.78, 5) is 3.87. The third-order valence-electron chi connectivity index (χ3n) is 3.43. The summed E-state index contributed by atoms with van der Waals surface area (Å²) < 4.78 is 26.9. The number of hydrogen-bond donors (Lipinski definition) is 3. The number of pyridine rings is 1. The van der Waals surface area contributed by atoms with E-state index in [4.69, 9.17) is 5.84 Å². The van der Waals surface area contributed by atoms with E-state index in [1.165, 1.54) is 6.20 Å². The number of nitrogens with two attached hydrogens (primary N) is 1. The molecule has 4 N–H and O–H groups in total. The van der Waals surface area contributed by atoms with Gasteiger partial charge in [-0.05, 0) is 30.4 Å². The second-order valence-electron chi connectivity index (χ2n) is 4.99. The number of hydrogen-bond acceptors (Lipinski definition) is 5. The lowest BCUT2D eigenvalue weighted by molar-refractivity contribution is 0.166. The number of nitrogens with one attached hydrogen (secondary N) is 2. The van der Waals surface area contributed by atoms with Gasteiger partial charge in [-0.1, -0.05) is 13.3 Å². The number of nitrogens with zero attached hydrogens (tertiary/aromatic N) is 1. The van der Waals surface area contributed by atoms with Gasteiger partial charge < -0.3 is 5.43 Å².